The molecule has 1 aliphatic rings. The zero-order valence-corrected chi connectivity index (χ0v) is 17.0. The number of methoxy groups -OCH3 is 2. The van der Waals surface area contributed by atoms with E-state index in [9.17, 15) is 9.59 Å². The normalized spacial score (nSPS) is 16.0. The molecule has 0 aromatic heterocycles. The molecule has 0 radical (unpaired) electrons. The van der Waals surface area contributed by atoms with Crippen molar-refractivity contribution >= 4 is 29.3 Å². The van der Waals surface area contributed by atoms with Crippen LogP contribution in [0.15, 0.2) is 47.4 Å². The van der Waals surface area contributed by atoms with E-state index in [-0.39, 0.29) is 18.1 Å². The molecule has 0 N–H and O–H groups in total. The number of thioether (sulfide) groups is 1. The number of para-hydroxylation sites is 1. The third kappa shape index (κ3) is 4.42. The summed E-state index contributed by atoms with van der Waals surface area (Å²) in [7, 11) is 2.98. The van der Waals surface area contributed by atoms with Gasteiger partial charge in [-0.3, -0.25) is 4.79 Å². The number of fused-ring (bicyclic) bond motifs is 1. The van der Waals surface area contributed by atoms with Gasteiger partial charge >= 0.3 is 5.97 Å². The zero-order chi connectivity index (χ0) is 20.1. The van der Waals surface area contributed by atoms with Crippen molar-refractivity contribution in [1.29, 1.82) is 0 Å². The maximum Gasteiger partial charge on any atom is 0.342 e. The summed E-state index contributed by atoms with van der Waals surface area (Å²) >= 11 is 1.75. The average Bonchev–Trinajstić information content (AvgIpc) is 2.89. The van der Waals surface area contributed by atoms with Gasteiger partial charge in [0.2, 0.25) is 0 Å². The minimum atomic E-state index is -0.630. The molecule has 2 aromatic rings. The first kappa shape index (κ1) is 20.1. The van der Waals surface area contributed by atoms with Crippen molar-refractivity contribution in [1.82, 2.24) is 0 Å². The van der Waals surface area contributed by atoms with Gasteiger partial charge in [-0.25, -0.2) is 4.79 Å². The van der Waals surface area contributed by atoms with Gasteiger partial charge in [0.25, 0.3) is 5.91 Å². The first-order valence-electron chi connectivity index (χ1n) is 8.98. The number of amides is 1. The van der Waals surface area contributed by atoms with Crippen molar-refractivity contribution in [2.45, 2.75) is 23.5 Å². The van der Waals surface area contributed by atoms with Crippen LogP contribution in [-0.2, 0) is 9.53 Å². The van der Waals surface area contributed by atoms with Crippen LogP contribution in [0.3, 0.4) is 0 Å². The maximum absolute atomic E-state index is 12.8. The van der Waals surface area contributed by atoms with E-state index in [1.807, 2.05) is 24.3 Å². The number of carbonyl (C=O) groups is 2. The van der Waals surface area contributed by atoms with Gasteiger partial charge in [0.15, 0.2) is 6.61 Å². The Morgan fingerprint density at radius 2 is 1.93 bits per heavy atom. The first-order chi connectivity index (χ1) is 13.5. The predicted octanol–water partition coefficient (Wildman–Crippen LogP) is 3.78. The Hall–Kier alpha value is -2.67. The van der Waals surface area contributed by atoms with Crippen LogP contribution in [0.2, 0.25) is 0 Å². The SMILES string of the molecule is COc1ccc(OC)c(C(=O)OCC(=O)N2CC[C@@H](C)Sc3ccccc32)c1. The monoisotopic (exact) mass is 401 g/mol. The topological polar surface area (TPSA) is 65.1 Å². The molecule has 1 aliphatic heterocycles. The van der Waals surface area contributed by atoms with Gasteiger partial charge in [-0.2, -0.15) is 0 Å². The lowest BCUT2D eigenvalue weighted by molar-refractivity contribution is -0.121. The second-order valence-electron chi connectivity index (χ2n) is 6.37. The molecule has 0 aliphatic carbocycles. The number of ether oxygens (including phenoxy) is 3. The van der Waals surface area contributed by atoms with Crippen LogP contribution in [0.1, 0.15) is 23.7 Å². The highest BCUT2D eigenvalue weighted by atomic mass is 32.2. The second kappa shape index (κ2) is 9.01. The molecule has 2 aromatic carbocycles. The van der Waals surface area contributed by atoms with Crippen molar-refractivity contribution in [3.8, 4) is 11.5 Å². The van der Waals surface area contributed by atoms with Crippen molar-refractivity contribution in [2.75, 3.05) is 32.3 Å². The molecule has 7 heteroatoms. The zero-order valence-electron chi connectivity index (χ0n) is 16.1. The van der Waals surface area contributed by atoms with Crippen LogP contribution in [0.25, 0.3) is 0 Å². The number of benzene rings is 2. The molecule has 0 spiro atoms. The van der Waals surface area contributed by atoms with Gasteiger partial charge in [0, 0.05) is 16.7 Å². The smallest absolute Gasteiger partial charge is 0.342 e. The van der Waals surface area contributed by atoms with Gasteiger partial charge in [0.05, 0.1) is 19.9 Å². The molecule has 0 bridgehead atoms. The van der Waals surface area contributed by atoms with Gasteiger partial charge in [-0.05, 0) is 36.8 Å². The van der Waals surface area contributed by atoms with E-state index in [1.54, 1.807) is 28.8 Å². The fourth-order valence-electron chi connectivity index (χ4n) is 3.00. The molecule has 3 rings (SSSR count). The van der Waals surface area contributed by atoms with Gasteiger partial charge in [0.1, 0.15) is 17.1 Å². The summed E-state index contributed by atoms with van der Waals surface area (Å²) < 4.78 is 15.7. The highest BCUT2D eigenvalue weighted by Crippen LogP contribution is 2.37. The molecular weight excluding hydrogens is 378 g/mol. The summed E-state index contributed by atoms with van der Waals surface area (Å²) in [6.45, 7) is 2.39. The largest absolute Gasteiger partial charge is 0.497 e. The van der Waals surface area contributed by atoms with Crippen molar-refractivity contribution < 1.29 is 23.8 Å². The first-order valence-corrected chi connectivity index (χ1v) is 9.86. The molecule has 0 saturated carbocycles. The van der Waals surface area contributed by atoms with Crippen LogP contribution in [-0.4, -0.2) is 44.5 Å². The number of hydrogen-bond donors (Lipinski definition) is 0. The van der Waals surface area contributed by atoms with Gasteiger partial charge in [-0.15, -0.1) is 11.8 Å². The highest BCUT2D eigenvalue weighted by molar-refractivity contribution is 8.00. The summed E-state index contributed by atoms with van der Waals surface area (Å²) in [6.07, 6.45) is 0.864. The highest BCUT2D eigenvalue weighted by Gasteiger charge is 2.25. The maximum atomic E-state index is 12.8. The number of nitrogens with zero attached hydrogens (tertiary/aromatic N) is 1. The quantitative estimate of drug-likeness (QED) is 0.711. The Morgan fingerprint density at radius 3 is 2.68 bits per heavy atom. The summed E-state index contributed by atoms with van der Waals surface area (Å²) in [5, 5.41) is 0.405. The third-order valence-corrected chi connectivity index (χ3v) is 5.74. The minimum Gasteiger partial charge on any atom is -0.497 e. The van der Waals surface area contributed by atoms with Crippen LogP contribution in [0, 0.1) is 0 Å². The third-order valence-electron chi connectivity index (χ3n) is 4.50. The summed E-state index contributed by atoms with van der Waals surface area (Å²) in [5.41, 5.74) is 1.08. The van der Waals surface area contributed by atoms with E-state index >= 15 is 0 Å². The van der Waals surface area contributed by atoms with Crippen LogP contribution in [0.5, 0.6) is 11.5 Å². The molecule has 1 amide bonds. The van der Waals surface area contributed by atoms with E-state index in [1.165, 1.54) is 20.3 Å². The summed E-state index contributed by atoms with van der Waals surface area (Å²) in [6, 6.07) is 12.6. The number of hydrogen-bond acceptors (Lipinski definition) is 6. The minimum absolute atomic E-state index is 0.218. The molecule has 28 heavy (non-hydrogen) atoms. The number of carbonyl (C=O) groups excluding carboxylic acids is 2. The molecular formula is C21H23NO5S. The predicted molar refractivity (Wildman–Crippen MR) is 109 cm³/mol. The number of esters is 1. The lowest BCUT2D eigenvalue weighted by atomic mass is 10.2. The Morgan fingerprint density at radius 1 is 1.14 bits per heavy atom. The molecule has 0 fully saturated rings. The Balaban J connectivity index is 1.73. The molecule has 0 unspecified atom stereocenters. The Bertz CT molecular complexity index is 870. The lowest BCUT2D eigenvalue weighted by Gasteiger charge is -2.22. The van der Waals surface area contributed by atoms with E-state index in [0.29, 0.717) is 23.3 Å². The van der Waals surface area contributed by atoms with Crippen molar-refractivity contribution in [3.63, 3.8) is 0 Å². The van der Waals surface area contributed by atoms with Crippen LogP contribution < -0.4 is 14.4 Å². The van der Waals surface area contributed by atoms with Crippen LogP contribution in [0.4, 0.5) is 5.69 Å². The second-order valence-corrected chi connectivity index (χ2v) is 7.85. The van der Waals surface area contributed by atoms with E-state index in [2.05, 4.69) is 6.92 Å². The van der Waals surface area contributed by atoms with E-state index in [4.69, 9.17) is 14.2 Å². The lowest BCUT2D eigenvalue weighted by Crippen LogP contribution is -2.35. The van der Waals surface area contributed by atoms with E-state index < -0.39 is 5.97 Å². The van der Waals surface area contributed by atoms with Gasteiger partial charge in [-0.1, -0.05) is 19.1 Å². The number of rotatable bonds is 5. The molecule has 1 atom stereocenters. The average molecular weight is 401 g/mol. The summed E-state index contributed by atoms with van der Waals surface area (Å²) in [4.78, 5) is 28.1. The summed E-state index contributed by atoms with van der Waals surface area (Å²) in [5.74, 6) is -0.0116. The Labute approximate surface area is 168 Å². The standard InChI is InChI=1S/C21H23NO5S/c1-14-10-11-22(17-6-4-5-7-19(17)28-14)20(23)13-27-21(24)16-12-15(25-2)8-9-18(16)26-3/h4-9,12,14H,10-11,13H2,1-3H3/t14-/m1/s1. The van der Waals surface area contributed by atoms with E-state index in [0.717, 1.165) is 17.0 Å². The number of anilines is 1. The fraction of sp³-hybridized carbons (Fsp3) is 0.333. The van der Waals surface area contributed by atoms with Crippen molar-refractivity contribution in [2.24, 2.45) is 0 Å². The molecule has 148 valence electrons. The molecule has 6 nitrogen and oxygen atoms in total. The molecule has 1 heterocycles. The van der Waals surface area contributed by atoms with Crippen molar-refractivity contribution in [3.05, 3.63) is 48.0 Å². The van der Waals surface area contributed by atoms with Gasteiger partial charge < -0.3 is 19.1 Å². The molecule has 0 saturated heterocycles. The fourth-order valence-corrected chi connectivity index (χ4v) is 4.12. The Kier molecular flexibility index (Phi) is 6.46. The van der Waals surface area contributed by atoms with Crippen LogP contribution >= 0.6 is 11.8 Å².